The van der Waals surface area contributed by atoms with Gasteiger partial charge in [-0.3, -0.25) is 9.97 Å². The van der Waals surface area contributed by atoms with Crippen molar-refractivity contribution < 1.29 is 5.11 Å². The molecule has 0 saturated carbocycles. The monoisotopic (exact) mass is 279 g/mol. The summed E-state index contributed by atoms with van der Waals surface area (Å²) in [6.07, 6.45) is 7.93. The summed E-state index contributed by atoms with van der Waals surface area (Å²) in [5.74, 6) is 1.05. The van der Waals surface area contributed by atoms with Crippen LogP contribution in [0.15, 0.2) is 49.1 Å². The average molecular weight is 279 g/mol. The third-order valence-corrected chi connectivity index (χ3v) is 2.89. The highest BCUT2D eigenvalue weighted by molar-refractivity contribution is 5.18. The first-order valence-corrected chi connectivity index (χ1v) is 6.50. The van der Waals surface area contributed by atoms with Crippen LogP contribution in [-0.2, 0) is 12.8 Å². The van der Waals surface area contributed by atoms with Crippen molar-refractivity contribution in [2.24, 2.45) is 0 Å². The summed E-state index contributed by atoms with van der Waals surface area (Å²) in [5.41, 5.74) is 1.96. The molecule has 0 fully saturated rings. The van der Waals surface area contributed by atoms with Gasteiger partial charge >= 0.3 is 6.01 Å². The Morgan fingerprint density at radius 3 is 1.71 bits per heavy atom. The van der Waals surface area contributed by atoms with Crippen LogP contribution in [0.4, 0.5) is 0 Å². The van der Waals surface area contributed by atoms with Crippen molar-refractivity contribution >= 4 is 0 Å². The number of nitrogens with zero attached hydrogens (tertiary/aromatic N) is 5. The molecular weight excluding hydrogens is 266 g/mol. The van der Waals surface area contributed by atoms with Crippen molar-refractivity contribution in [3.63, 3.8) is 0 Å². The summed E-state index contributed by atoms with van der Waals surface area (Å²) < 4.78 is 0. The maximum Gasteiger partial charge on any atom is 0.317 e. The number of aromatic nitrogens is 5. The van der Waals surface area contributed by atoms with E-state index in [9.17, 15) is 5.11 Å². The standard InChI is InChI=1S/C15H13N5O/c21-15-19-13(7-11-3-1-5-16-9-11)18-14(20-15)8-12-4-2-6-17-10-12/h1-6,9-10H,7-8H2,(H,18,19,20,21). The molecule has 0 aromatic carbocycles. The lowest BCUT2D eigenvalue weighted by atomic mass is 10.2. The Morgan fingerprint density at radius 1 is 0.762 bits per heavy atom. The van der Waals surface area contributed by atoms with Gasteiger partial charge in [0.05, 0.1) is 0 Å². The molecule has 0 aliphatic rings. The van der Waals surface area contributed by atoms with E-state index in [4.69, 9.17) is 0 Å². The molecule has 0 radical (unpaired) electrons. The minimum atomic E-state index is -0.261. The second-order valence-electron chi connectivity index (χ2n) is 4.54. The molecule has 6 heteroatoms. The van der Waals surface area contributed by atoms with E-state index in [0.717, 1.165) is 11.1 Å². The molecule has 1 N–H and O–H groups in total. The maximum atomic E-state index is 9.66. The smallest absolute Gasteiger partial charge is 0.317 e. The van der Waals surface area contributed by atoms with Gasteiger partial charge in [-0.1, -0.05) is 12.1 Å². The van der Waals surface area contributed by atoms with E-state index in [0.29, 0.717) is 24.5 Å². The van der Waals surface area contributed by atoms with Crippen LogP contribution in [0, 0.1) is 0 Å². The summed E-state index contributed by atoms with van der Waals surface area (Å²) in [7, 11) is 0. The fraction of sp³-hybridized carbons (Fsp3) is 0.133. The second kappa shape index (κ2) is 6.04. The molecule has 3 heterocycles. The van der Waals surface area contributed by atoms with Crippen molar-refractivity contribution in [3.05, 3.63) is 71.8 Å². The Balaban J connectivity index is 1.83. The molecule has 0 amide bonds. The molecule has 3 rings (SSSR count). The third-order valence-electron chi connectivity index (χ3n) is 2.89. The van der Waals surface area contributed by atoms with Crippen LogP contribution in [-0.4, -0.2) is 30.0 Å². The summed E-state index contributed by atoms with van der Waals surface area (Å²) in [6.45, 7) is 0. The van der Waals surface area contributed by atoms with E-state index >= 15 is 0 Å². The molecule has 6 nitrogen and oxygen atoms in total. The molecule has 0 atom stereocenters. The molecule has 0 aliphatic carbocycles. The SMILES string of the molecule is Oc1nc(Cc2cccnc2)nc(Cc2cccnc2)n1. The Labute approximate surface area is 121 Å². The number of rotatable bonds is 4. The van der Waals surface area contributed by atoms with Crippen LogP contribution in [0.2, 0.25) is 0 Å². The zero-order valence-electron chi connectivity index (χ0n) is 11.2. The quantitative estimate of drug-likeness (QED) is 0.780. The average Bonchev–Trinajstić information content (AvgIpc) is 2.48. The molecular formula is C15H13N5O. The summed E-state index contributed by atoms with van der Waals surface area (Å²) in [5, 5.41) is 9.66. The molecule has 104 valence electrons. The number of hydrogen-bond acceptors (Lipinski definition) is 6. The Morgan fingerprint density at radius 2 is 1.29 bits per heavy atom. The molecule has 0 spiro atoms. The number of aromatic hydroxyl groups is 1. The molecule has 21 heavy (non-hydrogen) atoms. The molecule has 0 saturated heterocycles. The van der Waals surface area contributed by atoms with Crippen LogP contribution in [0.5, 0.6) is 6.01 Å². The minimum absolute atomic E-state index is 0.261. The van der Waals surface area contributed by atoms with E-state index in [1.807, 2.05) is 24.3 Å². The van der Waals surface area contributed by atoms with E-state index in [1.165, 1.54) is 0 Å². The van der Waals surface area contributed by atoms with Crippen molar-refractivity contribution in [3.8, 4) is 6.01 Å². The second-order valence-corrected chi connectivity index (χ2v) is 4.54. The lowest BCUT2D eigenvalue weighted by Gasteiger charge is -2.04. The molecule has 3 aromatic heterocycles. The topological polar surface area (TPSA) is 84.7 Å². The first-order valence-electron chi connectivity index (χ1n) is 6.50. The van der Waals surface area contributed by atoms with Crippen LogP contribution in [0.3, 0.4) is 0 Å². The Kier molecular flexibility index (Phi) is 3.77. The van der Waals surface area contributed by atoms with Gasteiger partial charge in [0.15, 0.2) is 0 Å². The van der Waals surface area contributed by atoms with Gasteiger partial charge in [0.1, 0.15) is 11.6 Å². The Bertz CT molecular complexity index is 659. The van der Waals surface area contributed by atoms with E-state index in [-0.39, 0.29) is 6.01 Å². The minimum Gasteiger partial charge on any atom is -0.479 e. The number of pyridine rings is 2. The van der Waals surface area contributed by atoms with Crippen molar-refractivity contribution in [1.29, 1.82) is 0 Å². The molecule has 3 aromatic rings. The fourth-order valence-corrected chi connectivity index (χ4v) is 1.98. The highest BCUT2D eigenvalue weighted by Gasteiger charge is 2.07. The highest BCUT2D eigenvalue weighted by atomic mass is 16.3. The van der Waals surface area contributed by atoms with Crippen LogP contribution < -0.4 is 0 Å². The van der Waals surface area contributed by atoms with Crippen molar-refractivity contribution in [1.82, 2.24) is 24.9 Å². The van der Waals surface area contributed by atoms with Crippen LogP contribution in [0.1, 0.15) is 22.8 Å². The fourth-order valence-electron chi connectivity index (χ4n) is 1.98. The predicted octanol–water partition coefficient (Wildman–Crippen LogP) is 1.55. The lowest BCUT2D eigenvalue weighted by molar-refractivity contribution is 0.421. The summed E-state index contributed by atoms with van der Waals surface area (Å²) >= 11 is 0. The summed E-state index contributed by atoms with van der Waals surface area (Å²) in [4.78, 5) is 20.4. The van der Waals surface area contributed by atoms with Gasteiger partial charge in [-0.15, -0.1) is 0 Å². The predicted molar refractivity (Wildman–Crippen MR) is 75.6 cm³/mol. The largest absolute Gasteiger partial charge is 0.479 e. The number of hydrogen-bond donors (Lipinski definition) is 1. The first kappa shape index (κ1) is 13.1. The maximum absolute atomic E-state index is 9.66. The van der Waals surface area contributed by atoms with Crippen LogP contribution in [0.25, 0.3) is 0 Å². The van der Waals surface area contributed by atoms with Crippen molar-refractivity contribution in [2.45, 2.75) is 12.8 Å². The molecule has 0 unspecified atom stereocenters. The van der Waals surface area contributed by atoms with Crippen LogP contribution >= 0.6 is 0 Å². The van der Waals surface area contributed by atoms with E-state index in [1.54, 1.807) is 24.8 Å². The van der Waals surface area contributed by atoms with Gasteiger partial charge in [-0.25, -0.2) is 4.98 Å². The van der Waals surface area contributed by atoms with Gasteiger partial charge in [-0.2, -0.15) is 9.97 Å². The third kappa shape index (κ3) is 3.56. The van der Waals surface area contributed by atoms with Gasteiger partial charge in [0.25, 0.3) is 0 Å². The molecule has 0 bridgehead atoms. The van der Waals surface area contributed by atoms with E-state index in [2.05, 4.69) is 24.9 Å². The van der Waals surface area contributed by atoms with Gasteiger partial charge in [0, 0.05) is 37.6 Å². The van der Waals surface area contributed by atoms with Crippen molar-refractivity contribution in [2.75, 3.05) is 0 Å². The highest BCUT2D eigenvalue weighted by Crippen LogP contribution is 2.10. The zero-order valence-corrected chi connectivity index (χ0v) is 11.2. The zero-order chi connectivity index (χ0) is 14.5. The van der Waals surface area contributed by atoms with E-state index < -0.39 is 0 Å². The Hall–Kier alpha value is -2.89. The van der Waals surface area contributed by atoms with Gasteiger partial charge in [-0.05, 0) is 23.3 Å². The summed E-state index contributed by atoms with van der Waals surface area (Å²) in [6, 6.07) is 7.33. The normalized spacial score (nSPS) is 10.5. The molecule has 0 aliphatic heterocycles. The first-order chi connectivity index (χ1) is 10.3. The van der Waals surface area contributed by atoms with Gasteiger partial charge < -0.3 is 5.11 Å². The lowest BCUT2D eigenvalue weighted by Crippen LogP contribution is -2.04. The van der Waals surface area contributed by atoms with Gasteiger partial charge in [0.2, 0.25) is 0 Å².